The van der Waals surface area contributed by atoms with Crippen molar-refractivity contribution in [1.82, 2.24) is 24.8 Å². The number of nitrogens with one attached hydrogen (secondary N) is 1. The number of ether oxygens (including phenoxy) is 2. The van der Waals surface area contributed by atoms with Crippen molar-refractivity contribution in [3.8, 4) is 22.4 Å². The summed E-state index contributed by atoms with van der Waals surface area (Å²) in [6, 6.07) is 6.88. The van der Waals surface area contributed by atoms with Gasteiger partial charge in [0.1, 0.15) is 5.65 Å². The summed E-state index contributed by atoms with van der Waals surface area (Å²) < 4.78 is 12.9. The first-order valence-corrected chi connectivity index (χ1v) is 14.2. The van der Waals surface area contributed by atoms with E-state index in [1.165, 1.54) is 11.8 Å². The number of nitrogens with zero attached hydrogens (tertiary/aromatic N) is 4. The minimum absolute atomic E-state index is 0.186. The van der Waals surface area contributed by atoms with Gasteiger partial charge in [-0.15, -0.1) is 11.3 Å². The molecule has 0 bridgehead atoms. The van der Waals surface area contributed by atoms with Crippen molar-refractivity contribution in [2.24, 2.45) is 0 Å². The van der Waals surface area contributed by atoms with Crippen molar-refractivity contribution in [2.45, 2.75) is 37.4 Å². The highest BCUT2D eigenvalue weighted by atomic mass is 35.5. The molecule has 4 heterocycles. The highest BCUT2D eigenvalue weighted by Gasteiger charge is 2.24. The predicted molar refractivity (Wildman–Crippen MR) is 147 cm³/mol. The van der Waals surface area contributed by atoms with E-state index < -0.39 is 18.4 Å². The van der Waals surface area contributed by atoms with E-state index in [0.717, 1.165) is 16.3 Å². The summed E-state index contributed by atoms with van der Waals surface area (Å²) in [5.41, 5.74) is 3.00. The molecule has 2 N–H and O–H groups in total. The minimum atomic E-state index is -1.13. The second-order valence-corrected chi connectivity index (χ2v) is 10.9. The normalized spacial score (nSPS) is 17.6. The molecule has 1 aliphatic rings. The van der Waals surface area contributed by atoms with Crippen LogP contribution in [0, 0.1) is 6.92 Å². The fourth-order valence-electron chi connectivity index (χ4n) is 4.23. The van der Waals surface area contributed by atoms with Crippen LogP contribution in [0.15, 0.2) is 45.8 Å². The number of pyridine rings is 1. The predicted octanol–water partition coefficient (Wildman–Crippen LogP) is 4.66. The first kappa shape index (κ1) is 26.6. The van der Waals surface area contributed by atoms with Crippen molar-refractivity contribution < 1.29 is 19.4 Å². The maximum absolute atomic E-state index is 13.8. The molecule has 1 amide bonds. The maximum Gasteiger partial charge on any atom is 0.405 e. The van der Waals surface area contributed by atoms with Crippen LogP contribution in [0.4, 0.5) is 4.79 Å². The molecule has 0 unspecified atom stereocenters. The molecule has 0 atom stereocenters. The number of amides is 1. The van der Waals surface area contributed by atoms with E-state index in [0.29, 0.717) is 38.8 Å². The van der Waals surface area contributed by atoms with E-state index in [9.17, 15) is 9.59 Å². The van der Waals surface area contributed by atoms with Gasteiger partial charge in [-0.25, -0.2) is 19.7 Å². The van der Waals surface area contributed by atoms with Gasteiger partial charge in [-0.1, -0.05) is 35.5 Å². The van der Waals surface area contributed by atoms with Gasteiger partial charge in [0, 0.05) is 51.6 Å². The van der Waals surface area contributed by atoms with Gasteiger partial charge in [0.2, 0.25) is 0 Å². The van der Waals surface area contributed by atoms with Crippen LogP contribution in [0.2, 0.25) is 5.02 Å². The Hall–Kier alpha value is -3.03. The topological polar surface area (TPSA) is 128 Å². The lowest BCUT2D eigenvalue weighted by molar-refractivity contribution is -0.192. The third kappa shape index (κ3) is 5.69. The summed E-state index contributed by atoms with van der Waals surface area (Å²) in [4.78, 5) is 38.2. The molecule has 0 aliphatic carbocycles. The number of hydrogen-bond donors (Lipinski definition) is 2. The average Bonchev–Trinajstić information content (AvgIpc) is 3.34. The Labute approximate surface area is 231 Å². The number of aromatic nitrogens is 4. The summed E-state index contributed by atoms with van der Waals surface area (Å²) in [6.45, 7) is 2.59. The third-order valence-corrected chi connectivity index (χ3v) is 7.69. The van der Waals surface area contributed by atoms with Crippen LogP contribution in [0.5, 0.6) is 0 Å². The highest BCUT2D eigenvalue weighted by Crippen LogP contribution is 2.32. The molecule has 0 spiro atoms. The fourth-order valence-corrected chi connectivity index (χ4v) is 5.47. The standard InChI is InChI=1S/C25H24ClN5O5S2/c1-13-28-20(12-38-13)14-3-4-17(19(26)8-14)18-7-15-9-27-24(37-2)30-22(15)31(23(18)32)6-5-21-35-10-16(11-36-21)29-25(33)34/h3-4,7-9,12,16,21,29H,5-6,10-11H2,1-2H3,(H,33,34). The van der Waals surface area contributed by atoms with Gasteiger partial charge in [-0.2, -0.15) is 0 Å². The monoisotopic (exact) mass is 573 g/mol. The average molecular weight is 574 g/mol. The van der Waals surface area contributed by atoms with Crippen LogP contribution < -0.4 is 10.9 Å². The molecule has 5 rings (SSSR count). The molecule has 0 radical (unpaired) electrons. The number of carboxylic acid groups (broad SMARTS) is 1. The quantitative estimate of drug-likeness (QED) is 0.239. The molecule has 198 valence electrons. The summed E-state index contributed by atoms with van der Waals surface area (Å²) in [5, 5.41) is 15.8. The zero-order chi connectivity index (χ0) is 26.8. The number of carbonyl (C=O) groups is 1. The van der Waals surface area contributed by atoms with Crippen molar-refractivity contribution >= 4 is 51.8 Å². The van der Waals surface area contributed by atoms with Crippen LogP contribution in [-0.2, 0) is 16.0 Å². The molecule has 13 heteroatoms. The van der Waals surface area contributed by atoms with E-state index in [1.807, 2.05) is 36.8 Å². The van der Waals surface area contributed by atoms with Gasteiger partial charge in [0.25, 0.3) is 5.56 Å². The summed E-state index contributed by atoms with van der Waals surface area (Å²) in [6.07, 6.45) is 2.22. The number of fused-ring (bicyclic) bond motifs is 1. The van der Waals surface area contributed by atoms with Gasteiger partial charge in [0.15, 0.2) is 11.4 Å². The van der Waals surface area contributed by atoms with E-state index in [-0.39, 0.29) is 25.3 Å². The number of rotatable bonds is 7. The molecule has 4 aromatic rings. The molecule has 3 aromatic heterocycles. The second-order valence-electron chi connectivity index (χ2n) is 8.63. The maximum atomic E-state index is 13.8. The third-order valence-electron chi connectivity index (χ3n) is 6.04. The van der Waals surface area contributed by atoms with Crippen molar-refractivity contribution in [1.29, 1.82) is 0 Å². The van der Waals surface area contributed by atoms with Crippen molar-refractivity contribution in [2.75, 3.05) is 19.5 Å². The molecule has 1 aromatic carbocycles. The van der Waals surface area contributed by atoms with Crippen molar-refractivity contribution in [3.63, 3.8) is 0 Å². The second kappa shape index (κ2) is 11.4. The molecule has 1 aliphatic heterocycles. The number of thiazole rings is 1. The zero-order valence-corrected chi connectivity index (χ0v) is 22.9. The van der Waals surface area contributed by atoms with Crippen LogP contribution in [-0.4, -0.2) is 62.5 Å². The number of benzene rings is 1. The largest absolute Gasteiger partial charge is 0.465 e. The van der Waals surface area contributed by atoms with Gasteiger partial charge in [0.05, 0.1) is 30.0 Å². The first-order valence-electron chi connectivity index (χ1n) is 11.7. The van der Waals surface area contributed by atoms with Crippen LogP contribution in [0.25, 0.3) is 33.4 Å². The van der Waals surface area contributed by atoms with Gasteiger partial charge >= 0.3 is 6.09 Å². The summed E-state index contributed by atoms with van der Waals surface area (Å²) in [5.74, 6) is 0. The summed E-state index contributed by atoms with van der Waals surface area (Å²) in [7, 11) is 0. The van der Waals surface area contributed by atoms with E-state index >= 15 is 0 Å². The summed E-state index contributed by atoms with van der Waals surface area (Å²) >= 11 is 9.64. The fraction of sp³-hybridized carbons (Fsp3) is 0.320. The Kier molecular flexibility index (Phi) is 7.96. The number of hydrogen-bond acceptors (Lipinski definition) is 9. The lowest BCUT2D eigenvalue weighted by atomic mass is 10.0. The van der Waals surface area contributed by atoms with Gasteiger partial charge < -0.3 is 19.9 Å². The Morgan fingerprint density at radius 1 is 1.26 bits per heavy atom. The Bertz CT molecular complexity index is 1550. The number of aryl methyl sites for hydroxylation is 2. The lowest BCUT2D eigenvalue weighted by Gasteiger charge is -2.29. The van der Waals surface area contributed by atoms with E-state index in [1.54, 1.807) is 28.2 Å². The number of thioether (sulfide) groups is 1. The van der Waals surface area contributed by atoms with E-state index in [4.69, 9.17) is 26.2 Å². The van der Waals surface area contributed by atoms with Gasteiger partial charge in [-0.3, -0.25) is 9.36 Å². The molecule has 38 heavy (non-hydrogen) atoms. The molecular formula is C25H24ClN5O5S2. The molecule has 0 saturated carbocycles. The Balaban J connectivity index is 1.47. The van der Waals surface area contributed by atoms with Crippen LogP contribution in [0.1, 0.15) is 11.4 Å². The van der Waals surface area contributed by atoms with Crippen LogP contribution >= 0.6 is 34.7 Å². The smallest absolute Gasteiger partial charge is 0.405 e. The molecule has 1 fully saturated rings. The molecule has 1 saturated heterocycles. The zero-order valence-electron chi connectivity index (χ0n) is 20.5. The lowest BCUT2D eigenvalue weighted by Crippen LogP contribution is -2.46. The Morgan fingerprint density at radius 2 is 2.05 bits per heavy atom. The molecule has 10 nitrogen and oxygen atoms in total. The SMILES string of the molecule is CSc1ncc2cc(-c3ccc(-c4csc(C)n4)cc3Cl)c(=O)n(CCC3OCC(NC(=O)O)CO3)c2n1. The van der Waals surface area contributed by atoms with Crippen molar-refractivity contribution in [3.05, 3.63) is 56.2 Å². The van der Waals surface area contributed by atoms with Crippen LogP contribution in [0.3, 0.4) is 0 Å². The highest BCUT2D eigenvalue weighted by molar-refractivity contribution is 7.98. The van der Waals surface area contributed by atoms with E-state index in [2.05, 4.69) is 20.3 Å². The molecular weight excluding hydrogens is 550 g/mol. The minimum Gasteiger partial charge on any atom is -0.465 e. The first-order chi connectivity index (χ1) is 18.3. The Morgan fingerprint density at radius 3 is 2.71 bits per heavy atom. The number of halogens is 1. The van der Waals surface area contributed by atoms with Gasteiger partial charge in [-0.05, 0) is 25.3 Å².